The second-order valence-electron chi connectivity index (χ2n) is 8.85. The molecule has 0 amide bonds. The van der Waals surface area contributed by atoms with Crippen LogP contribution in [0.25, 0.3) is 0 Å². The molecule has 2 fully saturated rings. The molecule has 0 aromatic heterocycles. The molecule has 0 saturated heterocycles. The highest BCUT2D eigenvalue weighted by Crippen LogP contribution is 2.66. The minimum atomic E-state index is -0.439. The first kappa shape index (κ1) is 19.7. The van der Waals surface area contributed by atoms with Crippen molar-refractivity contribution in [2.24, 2.45) is 22.7 Å². The lowest BCUT2D eigenvalue weighted by atomic mass is 9.70. The third-order valence-corrected chi connectivity index (χ3v) is 6.49. The molecule has 0 N–H and O–H groups in total. The molecule has 3 unspecified atom stereocenters. The Labute approximate surface area is 151 Å². The molecular weight excluding hydrogens is 316 g/mol. The van der Waals surface area contributed by atoms with Crippen LogP contribution < -0.4 is 0 Å². The Morgan fingerprint density at radius 1 is 1.24 bits per heavy atom. The van der Waals surface area contributed by atoms with Crippen LogP contribution in [0.1, 0.15) is 60.8 Å². The molecule has 4 heteroatoms. The van der Waals surface area contributed by atoms with E-state index in [0.29, 0.717) is 18.1 Å². The first-order valence-electron chi connectivity index (χ1n) is 9.24. The van der Waals surface area contributed by atoms with Gasteiger partial charge in [0.2, 0.25) is 0 Å². The first-order valence-corrected chi connectivity index (χ1v) is 9.24. The molecule has 0 aromatic carbocycles. The maximum atomic E-state index is 12.4. The van der Waals surface area contributed by atoms with E-state index in [1.54, 1.807) is 6.92 Å². The third kappa shape index (κ3) is 3.68. The zero-order valence-electron chi connectivity index (χ0n) is 16.5. The lowest BCUT2D eigenvalue weighted by Crippen LogP contribution is -2.38. The summed E-state index contributed by atoms with van der Waals surface area (Å²) in [7, 11) is 0. The molecule has 0 aromatic rings. The summed E-state index contributed by atoms with van der Waals surface area (Å²) in [5.41, 5.74) is 0.763. The van der Waals surface area contributed by atoms with Gasteiger partial charge in [0.15, 0.2) is 0 Å². The fourth-order valence-corrected chi connectivity index (χ4v) is 4.25. The number of hydrogen-bond donors (Lipinski definition) is 0. The van der Waals surface area contributed by atoms with Crippen LogP contribution in [0, 0.1) is 22.7 Å². The zero-order chi connectivity index (χ0) is 19.0. The number of fused-ring (bicyclic) bond motifs is 2. The van der Waals surface area contributed by atoms with Gasteiger partial charge < -0.3 is 9.47 Å². The number of carbonyl (C=O) groups excluding carboxylic acids is 2. The molecule has 2 bridgehead atoms. The van der Waals surface area contributed by atoms with E-state index in [0.717, 1.165) is 12.8 Å². The van der Waals surface area contributed by atoms with Gasteiger partial charge in [0.25, 0.3) is 0 Å². The van der Waals surface area contributed by atoms with Crippen molar-refractivity contribution in [2.75, 3.05) is 6.61 Å². The van der Waals surface area contributed by atoms with Crippen molar-refractivity contribution >= 4 is 11.9 Å². The van der Waals surface area contributed by atoms with Crippen LogP contribution >= 0.6 is 0 Å². The number of rotatable bonds is 6. The Morgan fingerprint density at radius 3 is 2.36 bits per heavy atom. The van der Waals surface area contributed by atoms with Crippen LogP contribution in [0.3, 0.4) is 0 Å². The van der Waals surface area contributed by atoms with E-state index in [-0.39, 0.29) is 28.4 Å². The summed E-state index contributed by atoms with van der Waals surface area (Å²) in [5.74, 6) is 0.0138. The first-order chi connectivity index (χ1) is 11.5. The monoisotopic (exact) mass is 348 g/mol. The van der Waals surface area contributed by atoms with Crippen molar-refractivity contribution in [2.45, 2.75) is 66.9 Å². The van der Waals surface area contributed by atoms with Gasteiger partial charge in [-0.05, 0) is 49.5 Å². The molecule has 2 saturated carbocycles. The Kier molecular flexibility index (Phi) is 5.50. The molecule has 140 valence electrons. The molecular formula is C21H32O4. The predicted molar refractivity (Wildman–Crippen MR) is 97.8 cm³/mol. The normalized spacial score (nSPS) is 30.4. The van der Waals surface area contributed by atoms with Crippen LogP contribution in [0.4, 0.5) is 0 Å². The summed E-state index contributed by atoms with van der Waals surface area (Å²) < 4.78 is 11.0. The highest BCUT2D eigenvalue weighted by atomic mass is 16.5. The second kappa shape index (κ2) is 6.97. The van der Waals surface area contributed by atoms with Crippen molar-refractivity contribution in [1.82, 2.24) is 0 Å². The Hall–Kier alpha value is -1.58. The van der Waals surface area contributed by atoms with Crippen LogP contribution in [-0.4, -0.2) is 24.6 Å². The molecule has 0 heterocycles. The standard InChI is InChI=1S/C21H32O4/c1-13(2)12-24-18(22)14(3)10-15(4)19(23)25-17-11-16-8-9-21(17,7)20(16,5)6/h10,13,16-17H,4,8-9,11-12H2,1-3,5-7H3/b14-10+. The lowest BCUT2D eigenvalue weighted by molar-refractivity contribution is -0.151. The van der Waals surface area contributed by atoms with Crippen molar-refractivity contribution in [3.8, 4) is 0 Å². The molecule has 0 spiro atoms. The summed E-state index contributed by atoms with van der Waals surface area (Å²) in [6.45, 7) is 16.5. The van der Waals surface area contributed by atoms with Crippen LogP contribution in [-0.2, 0) is 19.1 Å². The molecule has 4 nitrogen and oxygen atoms in total. The largest absolute Gasteiger partial charge is 0.462 e. The summed E-state index contributed by atoms with van der Waals surface area (Å²) in [6.07, 6.45) is 4.60. The molecule has 3 atom stereocenters. The average Bonchev–Trinajstić information content (AvgIpc) is 2.85. The van der Waals surface area contributed by atoms with Gasteiger partial charge in [-0.1, -0.05) is 41.2 Å². The van der Waals surface area contributed by atoms with Crippen molar-refractivity contribution < 1.29 is 19.1 Å². The summed E-state index contributed by atoms with van der Waals surface area (Å²) >= 11 is 0. The molecule has 2 aliphatic rings. The van der Waals surface area contributed by atoms with Gasteiger partial charge in [0.05, 0.1) is 12.2 Å². The molecule has 25 heavy (non-hydrogen) atoms. The minimum Gasteiger partial charge on any atom is -0.462 e. The molecule has 2 rings (SSSR count). The van der Waals surface area contributed by atoms with Gasteiger partial charge in [-0.15, -0.1) is 0 Å². The predicted octanol–water partition coefficient (Wildman–Crippen LogP) is 4.45. The minimum absolute atomic E-state index is 0.0164. The topological polar surface area (TPSA) is 52.6 Å². The van der Waals surface area contributed by atoms with Gasteiger partial charge in [-0.25, -0.2) is 9.59 Å². The van der Waals surface area contributed by atoms with E-state index < -0.39 is 11.9 Å². The number of carbonyl (C=O) groups is 2. The summed E-state index contributed by atoms with van der Waals surface area (Å²) in [5, 5.41) is 0. The zero-order valence-corrected chi connectivity index (χ0v) is 16.5. The van der Waals surface area contributed by atoms with Gasteiger partial charge in [0.1, 0.15) is 6.10 Å². The third-order valence-electron chi connectivity index (χ3n) is 6.49. The average molecular weight is 348 g/mol. The fourth-order valence-electron chi connectivity index (χ4n) is 4.25. The van der Waals surface area contributed by atoms with Gasteiger partial charge in [-0.2, -0.15) is 0 Å². The Bertz CT molecular complexity index is 599. The highest BCUT2D eigenvalue weighted by Gasteiger charge is 2.62. The summed E-state index contributed by atoms with van der Waals surface area (Å²) in [6, 6.07) is 0. The van der Waals surface area contributed by atoms with E-state index in [2.05, 4.69) is 27.4 Å². The quantitative estimate of drug-likeness (QED) is 0.404. The van der Waals surface area contributed by atoms with Crippen LogP contribution in [0.15, 0.2) is 23.8 Å². The lowest BCUT2D eigenvalue weighted by Gasteiger charge is -2.38. The van der Waals surface area contributed by atoms with E-state index in [1.165, 1.54) is 12.5 Å². The van der Waals surface area contributed by atoms with Gasteiger partial charge in [-0.3, -0.25) is 0 Å². The number of esters is 2. The van der Waals surface area contributed by atoms with E-state index in [1.807, 2.05) is 13.8 Å². The van der Waals surface area contributed by atoms with Crippen LogP contribution in [0.5, 0.6) is 0 Å². The highest BCUT2D eigenvalue weighted by molar-refractivity contribution is 5.95. The van der Waals surface area contributed by atoms with Gasteiger partial charge in [0, 0.05) is 11.0 Å². The van der Waals surface area contributed by atoms with Crippen molar-refractivity contribution in [3.63, 3.8) is 0 Å². The fraction of sp³-hybridized carbons (Fsp3) is 0.714. The molecule has 0 radical (unpaired) electrons. The smallest absolute Gasteiger partial charge is 0.337 e. The van der Waals surface area contributed by atoms with Crippen molar-refractivity contribution in [3.05, 3.63) is 23.8 Å². The van der Waals surface area contributed by atoms with E-state index >= 15 is 0 Å². The van der Waals surface area contributed by atoms with Crippen LogP contribution in [0.2, 0.25) is 0 Å². The summed E-state index contributed by atoms with van der Waals surface area (Å²) in [4.78, 5) is 24.3. The molecule has 2 aliphatic carbocycles. The second-order valence-corrected chi connectivity index (χ2v) is 8.85. The maximum Gasteiger partial charge on any atom is 0.337 e. The Balaban J connectivity index is 1.96. The van der Waals surface area contributed by atoms with Crippen molar-refractivity contribution in [1.29, 1.82) is 0 Å². The number of ether oxygens (including phenoxy) is 2. The SMILES string of the molecule is C=C(/C=C(\C)C(=O)OCC(C)C)C(=O)OC1CC2CCC1(C)C2(C)C. The molecule has 0 aliphatic heterocycles. The number of hydrogen-bond acceptors (Lipinski definition) is 4. The maximum absolute atomic E-state index is 12.4. The van der Waals surface area contributed by atoms with E-state index in [4.69, 9.17) is 9.47 Å². The van der Waals surface area contributed by atoms with Gasteiger partial charge >= 0.3 is 11.9 Å². The Morgan fingerprint density at radius 2 is 1.88 bits per heavy atom. The van der Waals surface area contributed by atoms with E-state index in [9.17, 15) is 9.59 Å².